The molecule has 3 aromatic rings. The maximum Gasteiger partial charge on any atom is 0.434 e. The monoisotopic (exact) mass is 438 g/mol. The Balaban J connectivity index is 1.57. The number of benzene rings is 1. The molecule has 0 aliphatic carbocycles. The largest absolute Gasteiger partial charge is 0.434 e. The lowest BCUT2D eigenvalue weighted by molar-refractivity contribution is 0.131. The van der Waals surface area contributed by atoms with Crippen molar-refractivity contribution in [3.05, 3.63) is 40.5 Å². The van der Waals surface area contributed by atoms with Crippen molar-refractivity contribution in [1.29, 1.82) is 0 Å². The van der Waals surface area contributed by atoms with Gasteiger partial charge in [0, 0.05) is 13.1 Å². The lowest BCUT2D eigenvalue weighted by atomic mass is 10.3. The van der Waals surface area contributed by atoms with Crippen LogP contribution >= 0.6 is 23.2 Å². The fourth-order valence-corrected chi connectivity index (χ4v) is 3.00. The average molecular weight is 439 g/mol. The number of anilines is 1. The van der Waals surface area contributed by atoms with Crippen LogP contribution < -0.4 is 10.2 Å². The Morgan fingerprint density at radius 3 is 2.76 bits per heavy atom. The topological polar surface area (TPSA) is 102 Å². The number of aromatic nitrogens is 4. The van der Waals surface area contributed by atoms with E-state index in [1.807, 2.05) is 0 Å². The molecule has 0 bridgehead atoms. The molecule has 29 heavy (non-hydrogen) atoms. The van der Waals surface area contributed by atoms with Crippen LogP contribution in [0.5, 0.6) is 11.6 Å². The highest BCUT2D eigenvalue weighted by molar-refractivity contribution is 6.42. The minimum absolute atomic E-state index is 0.0145. The molecule has 1 aliphatic rings. The second-order valence-corrected chi connectivity index (χ2v) is 6.83. The summed E-state index contributed by atoms with van der Waals surface area (Å²) in [4.78, 5) is 34.8. The molecule has 150 valence electrons. The third kappa shape index (κ3) is 4.08. The molecule has 0 radical (unpaired) electrons. The highest BCUT2D eigenvalue weighted by Crippen LogP contribution is 2.34. The summed E-state index contributed by atoms with van der Waals surface area (Å²) in [6.07, 6.45) is 3.95. The summed E-state index contributed by atoms with van der Waals surface area (Å²) in [5, 5.41) is -0.217. The van der Waals surface area contributed by atoms with Crippen LogP contribution in [0.3, 0.4) is 0 Å². The van der Waals surface area contributed by atoms with Crippen LogP contribution in [0.1, 0.15) is 12.8 Å². The van der Waals surface area contributed by atoms with E-state index in [1.54, 1.807) is 4.90 Å². The van der Waals surface area contributed by atoms with Crippen LogP contribution in [0.4, 0.5) is 15.1 Å². The van der Waals surface area contributed by atoms with E-state index in [0.29, 0.717) is 18.6 Å². The number of hydrogen-bond donors (Lipinski definition) is 1. The number of rotatable bonds is 4. The van der Waals surface area contributed by atoms with Crippen molar-refractivity contribution < 1.29 is 18.8 Å². The van der Waals surface area contributed by atoms with Crippen molar-refractivity contribution in [3.8, 4) is 11.6 Å². The van der Waals surface area contributed by atoms with E-state index >= 15 is 0 Å². The van der Waals surface area contributed by atoms with E-state index < -0.39 is 11.9 Å². The van der Waals surface area contributed by atoms with Gasteiger partial charge >= 0.3 is 6.09 Å². The summed E-state index contributed by atoms with van der Waals surface area (Å²) in [7, 11) is 0. The van der Waals surface area contributed by atoms with E-state index in [4.69, 9.17) is 32.8 Å². The van der Waals surface area contributed by atoms with Crippen molar-refractivity contribution >= 4 is 46.3 Å². The first kappa shape index (κ1) is 19.3. The van der Waals surface area contributed by atoms with Crippen LogP contribution in [0, 0.1) is 5.82 Å². The molecule has 0 unspecified atom stereocenters. The highest BCUT2D eigenvalue weighted by Gasteiger charge is 2.20. The number of halogens is 3. The zero-order valence-corrected chi connectivity index (χ0v) is 16.2. The van der Waals surface area contributed by atoms with Gasteiger partial charge in [0.25, 0.3) is 5.95 Å². The maximum atomic E-state index is 14.3. The third-order valence-electron chi connectivity index (χ3n) is 4.14. The Morgan fingerprint density at radius 2 is 1.97 bits per heavy atom. The minimum Gasteiger partial charge on any atom is -0.434 e. The Labute approximate surface area is 173 Å². The molecule has 1 aliphatic heterocycles. The molecular weight excluding hydrogens is 426 g/mol. The van der Waals surface area contributed by atoms with Crippen LogP contribution in [0.15, 0.2) is 24.7 Å². The van der Waals surface area contributed by atoms with E-state index in [-0.39, 0.29) is 33.1 Å². The molecule has 1 amide bonds. The van der Waals surface area contributed by atoms with Gasteiger partial charge in [-0.15, -0.1) is 0 Å². The second-order valence-electron chi connectivity index (χ2n) is 6.05. The van der Waals surface area contributed by atoms with Gasteiger partial charge in [0.15, 0.2) is 17.1 Å². The van der Waals surface area contributed by atoms with Crippen molar-refractivity contribution in [1.82, 2.24) is 24.8 Å². The van der Waals surface area contributed by atoms with Crippen molar-refractivity contribution in [2.75, 3.05) is 18.6 Å². The zero-order chi connectivity index (χ0) is 20.4. The molecule has 1 N–H and O–H groups in total. The van der Waals surface area contributed by atoms with Crippen LogP contribution in [0.2, 0.25) is 10.0 Å². The van der Waals surface area contributed by atoms with Gasteiger partial charge in [0.1, 0.15) is 11.8 Å². The van der Waals surface area contributed by atoms with Gasteiger partial charge in [-0.1, -0.05) is 23.2 Å². The predicted molar refractivity (Wildman–Crippen MR) is 103 cm³/mol. The average Bonchev–Trinajstić information content (AvgIpc) is 3.27. The summed E-state index contributed by atoms with van der Waals surface area (Å²) < 4.78 is 19.8. The quantitative estimate of drug-likeness (QED) is 0.476. The fourth-order valence-electron chi connectivity index (χ4n) is 2.70. The first-order chi connectivity index (χ1) is 14.0. The SMILES string of the molecule is O=C(ONc1ncc2ncnc(Oc3ccc(Cl)c(Cl)c3F)c2n1)N1CCCC1. The number of carbonyl (C=O) groups is 1. The summed E-state index contributed by atoms with van der Waals surface area (Å²) in [5.41, 5.74) is 2.91. The molecular formula is C17H13Cl2FN6O3. The summed E-state index contributed by atoms with van der Waals surface area (Å²) >= 11 is 11.6. The van der Waals surface area contributed by atoms with Crippen LogP contribution in [0.25, 0.3) is 11.0 Å². The van der Waals surface area contributed by atoms with Crippen LogP contribution in [-0.2, 0) is 4.84 Å². The summed E-state index contributed by atoms with van der Waals surface area (Å²) in [6, 6.07) is 2.71. The molecule has 4 rings (SSSR count). The number of carbonyl (C=O) groups excluding carboxylic acids is 1. The molecule has 2 aromatic heterocycles. The first-order valence-electron chi connectivity index (χ1n) is 8.54. The summed E-state index contributed by atoms with van der Waals surface area (Å²) in [6.45, 7) is 1.28. The first-order valence-corrected chi connectivity index (χ1v) is 9.29. The predicted octanol–water partition coefficient (Wildman–Crippen LogP) is 4.22. The molecule has 9 nitrogen and oxygen atoms in total. The smallest absolute Gasteiger partial charge is 0.434 e. The number of amides is 1. The van der Waals surface area contributed by atoms with Crippen molar-refractivity contribution in [2.24, 2.45) is 0 Å². The molecule has 12 heteroatoms. The molecule has 0 atom stereocenters. The molecule has 1 saturated heterocycles. The number of nitrogens with one attached hydrogen (secondary N) is 1. The normalized spacial score (nSPS) is 13.6. The molecule has 1 aromatic carbocycles. The fraction of sp³-hybridized carbons (Fsp3) is 0.235. The number of hydrogen-bond acceptors (Lipinski definition) is 8. The molecule has 0 spiro atoms. The van der Waals surface area contributed by atoms with Gasteiger partial charge in [0.2, 0.25) is 5.88 Å². The van der Waals surface area contributed by atoms with E-state index in [0.717, 1.165) is 12.8 Å². The van der Waals surface area contributed by atoms with E-state index in [9.17, 15) is 9.18 Å². The van der Waals surface area contributed by atoms with Crippen molar-refractivity contribution in [2.45, 2.75) is 12.8 Å². The Kier molecular flexibility index (Phi) is 5.45. The van der Waals surface area contributed by atoms with Gasteiger partial charge in [-0.05, 0) is 25.0 Å². The summed E-state index contributed by atoms with van der Waals surface area (Å²) in [5.74, 6) is -1.08. The highest BCUT2D eigenvalue weighted by atomic mass is 35.5. The molecule has 1 fully saturated rings. The Morgan fingerprint density at radius 1 is 1.17 bits per heavy atom. The minimum atomic E-state index is -0.835. The number of ether oxygens (including phenoxy) is 1. The number of likely N-dealkylation sites (tertiary alicyclic amines) is 1. The molecule has 0 saturated carbocycles. The van der Waals surface area contributed by atoms with Gasteiger partial charge in [-0.25, -0.2) is 24.1 Å². The van der Waals surface area contributed by atoms with E-state index in [1.165, 1.54) is 24.7 Å². The zero-order valence-electron chi connectivity index (χ0n) is 14.7. The van der Waals surface area contributed by atoms with Gasteiger partial charge in [-0.2, -0.15) is 10.5 Å². The lowest BCUT2D eigenvalue weighted by Gasteiger charge is -2.14. The Bertz CT molecular complexity index is 1080. The van der Waals surface area contributed by atoms with Crippen molar-refractivity contribution in [3.63, 3.8) is 0 Å². The number of fused-ring (bicyclic) bond motifs is 1. The second kappa shape index (κ2) is 8.18. The van der Waals surface area contributed by atoms with Gasteiger partial charge in [-0.3, -0.25) is 0 Å². The molecule has 3 heterocycles. The van der Waals surface area contributed by atoms with Gasteiger partial charge < -0.3 is 14.5 Å². The van der Waals surface area contributed by atoms with Gasteiger partial charge in [0.05, 0.1) is 16.2 Å². The maximum absolute atomic E-state index is 14.3. The Hall–Kier alpha value is -2.98. The number of nitrogens with zero attached hydrogens (tertiary/aromatic N) is 5. The third-order valence-corrected chi connectivity index (χ3v) is 4.93. The van der Waals surface area contributed by atoms with Crippen LogP contribution in [-0.4, -0.2) is 44.0 Å². The standard InChI is InChI=1S/C17H13Cl2FN6O3/c18-9-3-4-11(13(20)12(9)19)28-15-14-10(22-8-23-15)7-21-16(24-14)25-29-17(27)26-5-1-2-6-26/h3-4,7-8H,1-2,5-6H2,(H,21,24,25). The lowest BCUT2D eigenvalue weighted by Crippen LogP contribution is -2.30. The van der Waals surface area contributed by atoms with E-state index in [2.05, 4.69) is 25.4 Å².